The van der Waals surface area contributed by atoms with Gasteiger partial charge in [-0.25, -0.2) is 14.2 Å². The summed E-state index contributed by atoms with van der Waals surface area (Å²) in [5.74, 6) is -2.63. The fourth-order valence-corrected chi connectivity index (χ4v) is 7.08. The van der Waals surface area contributed by atoms with Crippen LogP contribution in [0.5, 0.6) is 0 Å². The van der Waals surface area contributed by atoms with Crippen molar-refractivity contribution in [1.29, 1.82) is 0 Å². The Morgan fingerprint density at radius 1 is 1.05 bits per heavy atom. The smallest absolute Gasteiger partial charge is 0.350 e. The Hall–Kier alpha value is -5.16. The van der Waals surface area contributed by atoms with Crippen molar-refractivity contribution in [2.24, 2.45) is 0 Å². The van der Waals surface area contributed by atoms with Crippen molar-refractivity contribution in [3.8, 4) is 0 Å². The second-order valence-corrected chi connectivity index (χ2v) is 11.6. The highest BCUT2D eigenvalue weighted by atomic mass is 32.1. The molecule has 1 atom stereocenters. The average Bonchev–Trinajstić information content (AvgIpc) is 3.59. The number of aryl methyl sites for hydroxylation is 2. The maximum atomic E-state index is 15.0. The Labute approximate surface area is 254 Å². The van der Waals surface area contributed by atoms with Crippen LogP contribution in [0.1, 0.15) is 55.1 Å². The van der Waals surface area contributed by atoms with Crippen LogP contribution >= 0.6 is 11.3 Å². The summed E-state index contributed by atoms with van der Waals surface area (Å²) in [4.78, 5) is 64.0. The lowest BCUT2D eigenvalue weighted by molar-refractivity contribution is -0.121. The van der Waals surface area contributed by atoms with Gasteiger partial charge in [-0.2, -0.15) is 0 Å². The minimum Gasteiger partial charge on any atom is -0.462 e. The van der Waals surface area contributed by atoms with Crippen molar-refractivity contribution in [2.75, 3.05) is 16.4 Å². The number of ether oxygens (including phenoxy) is 1. The molecule has 0 N–H and O–H groups in total. The van der Waals surface area contributed by atoms with E-state index in [0.717, 1.165) is 16.9 Å². The predicted molar refractivity (Wildman–Crippen MR) is 162 cm³/mol. The van der Waals surface area contributed by atoms with Crippen LogP contribution in [-0.2, 0) is 21.6 Å². The number of hydrogen-bond donors (Lipinski definition) is 0. The van der Waals surface area contributed by atoms with Gasteiger partial charge in [-0.1, -0.05) is 53.3 Å². The summed E-state index contributed by atoms with van der Waals surface area (Å²) >= 11 is 0.899. The number of esters is 1. The average molecular weight is 610 g/mol. The van der Waals surface area contributed by atoms with Crippen LogP contribution < -0.4 is 15.2 Å². The van der Waals surface area contributed by atoms with Gasteiger partial charge in [-0.3, -0.25) is 19.3 Å². The van der Waals surface area contributed by atoms with E-state index in [0.29, 0.717) is 22.5 Å². The highest BCUT2D eigenvalue weighted by Crippen LogP contribution is 2.55. The largest absolute Gasteiger partial charge is 0.462 e. The van der Waals surface area contributed by atoms with Crippen molar-refractivity contribution >= 4 is 50.9 Å². The van der Waals surface area contributed by atoms with Crippen LogP contribution in [0.2, 0.25) is 0 Å². The van der Waals surface area contributed by atoms with E-state index in [4.69, 9.17) is 9.15 Å². The Morgan fingerprint density at radius 2 is 1.80 bits per heavy atom. The van der Waals surface area contributed by atoms with Gasteiger partial charge in [-0.05, 0) is 56.7 Å². The molecule has 0 radical (unpaired) electrons. The molecule has 0 fully saturated rings. The number of benzene rings is 3. The van der Waals surface area contributed by atoms with Gasteiger partial charge in [0.2, 0.25) is 5.76 Å². The molecular weight excluding hydrogens is 585 g/mol. The van der Waals surface area contributed by atoms with Gasteiger partial charge >= 0.3 is 5.97 Å². The van der Waals surface area contributed by atoms with Crippen LogP contribution in [0.15, 0.2) is 75.9 Å². The van der Waals surface area contributed by atoms with E-state index in [1.54, 1.807) is 68.4 Å². The fraction of sp³-hybridized carbons (Fsp3) is 0.182. The maximum Gasteiger partial charge on any atom is 0.350 e. The zero-order valence-electron chi connectivity index (χ0n) is 23.8. The third kappa shape index (κ3) is 3.78. The second kappa shape index (κ2) is 9.95. The summed E-state index contributed by atoms with van der Waals surface area (Å²) in [6.07, 6.45) is 0. The zero-order chi connectivity index (χ0) is 30.9. The lowest BCUT2D eigenvalue weighted by Gasteiger charge is -2.32. The molecule has 1 unspecified atom stereocenters. The van der Waals surface area contributed by atoms with E-state index in [1.165, 1.54) is 21.9 Å². The molecule has 5 aromatic rings. The summed E-state index contributed by atoms with van der Waals surface area (Å²) in [6, 6.07) is 17.7. The molecule has 3 aromatic carbocycles. The summed E-state index contributed by atoms with van der Waals surface area (Å²) < 4.78 is 25.1. The molecule has 9 nitrogen and oxygen atoms in total. The number of fused-ring (bicyclic) bond motifs is 5. The van der Waals surface area contributed by atoms with Gasteiger partial charge < -0.3 is 14.1 Å². The summed E-state index contributed by atoms with van der Waals surface area (Å²) in [5.41, 5.74) is 0.163. The van der Waals surface area contributed by atoms with E-state index in [1.807, 2.05) is 6.92 Å². The predicted octanol–water partition coefficient (Wildman–Crippen LogP) is 5.63. The molecule has 44 heavy (non-hydrogen) atoms. The molecule has 0 bridgehead atoms. The van der Waals surface area contributed by atoms with E-state index in [2.05, 4.69) is 4.98 Å². The van der Waals surface area contributed by atoms with Crippen molar-refractivity contribution in [3.63, 3.8) is 0 Å². The fourth-order valence-electron chi connectivity index (χ4n) is 6.07. The normalized spacial score (nSPS) is 17.1. The first-order chi connectivity index (χ1) is 21.2. The first kappa shape index (κ1) is 27.7. The third-order valence-electron chi connectivity index (χ3n) is 7.97. The number of halogens is 1. The molecule has 0 aliphatic carbocycles. The van der Waals surface area contributed by atoms with E-state index < -0.39 is 34.6 Å². The monoisotopic (exact) mass is 609 g/mol. The van der Waals surface area contributed by atoms with Crippen molar-refractivity contribution < 1.29 is 27.9 Å². The zero-order valence-corrected chi connectivity index (χ0v) is 24.7. The van der Waals surface area contributed by atoms with Crippen molar-refractivity contribution in [1.82, 2.24) is 4.98 Å². The Bertz CT molecular complexity index is 2100. The van der Waals surface area contributed by atoms with Crippen molar-refractivity contribution in [3.05, 3.63) is 121 Å². The van der Waals surface area contributed by atoms with E-state index in [-0.39, 0.29) is 45.5 Å². The number of thiazole rings is 1. The summed E-state index contributed by atoms with van der Waals surface area (Å²) in [7, 11) is 0. The minimum absolute atomic E-state index is 0.0355. The van der Waals surface area contributed by atoms with Crippen LogP contribution in [-0.4, -0.2) is 29.4 Å². The standard InChI is InChI=1S/C33H24FN3O6S/c1-4-42-30(40)28-18(3)35-32(44-28)37-29(39)27-25(26(38)21-15-17(2)9-14-24(21)43-27)33(37)22-7-5-6-8-23(22)36(31(33)41)16-19-10-12-20(34)13-11-19/h5-15H,4,16H2,1-3H3. The molecule has 11 heteroatoms. The first-order valence-corrected chi connectivity index (χ1v) is 14.7. The Morgan fingerprint density at radius 3 is 2.55 bits per heavy atom. The third-order valence-corrected chi connectivity index (χ3v) is 9.09. The Kier molecular flexibility index (Phi) is 6.26. The van der Waals surface area contributed by atoms with E-state index >= 15 is 0 Å². The molecule has 2 aliphatic heterocycles. The number of para-hydroxylation sites is 1. The number of hydrogen-bond acceptors (Lipinski definition) is 8. The molecular formula is C33H24FN3O6S. The molecule has 2 aromatic heterocycles. The molecule has 4 heterocycles. The second-order valence-electron chi connectivity index (χ2n) is 10.7. The number of anilines is 2. The number of aromatic nitrogens is 1. The minimum atomic E-state index is -1.99. The van der Waals surface area contributed by atoms with E-state index in [9.17, 15) is 23.6 Å². The highest BCUT2D eigenvalue weighted by Gasteiger charge is 2.66. The number of carbonyl (C=O) groups is 3. The van der Waals surface area contributed by atoms with Crippen molar-refractivity contribution in [2.45, 2.75) is 32.9 Å². The summed E-state index contributed by atoms with van der Waals surface area (Å²) in [5, 5.41) is 0.260. The van der Waals surface area contributed by atoms with Gasteiger partial charge in [0.05, 0.1) is 35.5 Å². The summed E-state index contributed by atoms with van der Waals surface area (Å²) in [6.45, 7) is 5.29. The lowest BCUT2D eigenvalue weighted by atomic mass is 9.84. The highest BCUT2D eigenvalue weighted by molar-refractivity contribution is 7.17. The SMILES string of the molecule is CCOC(=O)c1sc(N2C(=O)c3oc4ccc(C)cc4c(=O)c3C23C(=O)N(Cc2ccc(F)cc2)c2ccccc23)nc1C. The first-order valence-electron chi connectivity index (χ1n) is 13.9. The van der Waals surface area contributed by atoms with Crippen LogP contribution in [0.3, 0.4) is 0 Å². The molecule has 220 valence electrons. The van der Waals surface area contributed by atoms with Crippen LogP contribution in [0.25, 0.3) is 11.0 Å². The van der Waals surface area contributed by atoms with Crippen LogP contribution in [0.4, 0.5) is 15.2 Å². The molecule has 2 aliphatic rings. The molecule has 7 rings (SSSR count). The maximum absolute atomic E-state index is 15.0. The topological polar surface area (TPSA) is 110 Å². The van der Waals surface area contributed by atoms with Gasteiger partial charge in [0.15, 0.2) is 16.1 Å². The molecule has 2 amide bonds. The molecule has 0 saturated carbocycles. The lowest BCUT2D eigenvalue weighted by Crippen LogP contribution is -2.53. The number of carbonyl (C=O) groups excluding carboxylic acids is 3. The van der Waals surface area contributed by atoms with Gasteiger partial charge in [0.25, 0.3) is 11.8 Å². The van der Waals surface area contributed by atoms with Gasteiger partial charge in [-0.15, -0.1) is 0 Å². The molecule has 0 saturated heterocycles. The number of rotatable bonds is 5. The molecule has 1 spiro atoms. The number of nitrogens with zero attached hydrogens (tertiary/aromatic N) is 3. The quantitative estimate of drug-likeness (QED) is 0.238. The number of amides is 2. The van der Waals surface area contributed by atoms with Crippen LogP contribution in [0, 0.1) is 19.7 Å². The van der Waals surface area contributed by atoms with Gasteiger partial charge in [0.1, 0.15) is 16.3 Å². The Balaban J connectivity index is 1.53. The van der Waals surface area contributed by atoms with Gasteiger partial charge in [0, 0.05) is 5.56 Å².